The highest BCUT2D eigenvalue weighted by molar-refractivity contribution is 7.13. The number of nitrogens with zero attached hydrogens (tertiary/aromatic N) is 2. The first kappa shape index (κ1) is 20.2. The monoisotopic (exact) mass is 439 g/mol. The number of carbonyl (C=O) groups excluding carboxylic acids is 2. The molecule has 32 heavy (non-hydrogen) atoms. The number of nitrogens with one attached hydrogen (secondary N) is 1. The Balaban J connectivity index is 1.21. The summed E-state index contributed by atoms with van der Waals surface area (Å²) in [5, 5.41) is 5.71. The van der Waals surface area contributed by atoms with E-state index in [4.69, 9.17) is 0 Å². The molecule has 0 radical (unpaired) electrons. The first-order valence-corrected chi connectivity index (χ1v) is 11.3. The highest BCUT2D eigenvalue weighted by Gasteiger charge is 2.25. The molecule has 0 unspecified atom stereocenters. The summed E-state index contributed by atoms with van der Waals surface area (Å²) in [6.45, 7) is 0.690. The van der Waals surface area contributed by atoms with Gasteiger partial charge in [-0.2, -0.15) is 0 Å². The van der Waals surface area contributed by atoms with Crippen LogP contribution in [0.4, 0.5) is 11.4 Å². The number of carbonyl (C=O) groups is 2. The minimum Gasteiger partial charge on any atom is -0.326 e. The van der Waals surface area contributed by atoms with E-state index in [-0.39, 0.29) is 18.2 Å². The minimum atomic E-state index is -0.137. The van der Waals surface area contributed by atoms with E-state index in [1.54, 1.807) is 24.3 Å². The van der Waals surface area contributed by atoms with Gasteiger partial charge in [0.15, 0.2) is 0 Å². The SMILES string of the molecule is O=C(Cc1csc(-c2ccccc2)n1)Nc1ccc(C(=O)N2CCc3ccccc32)cc1. The molecule has 0 fully saturated rings. The molecular weight excluding hydrogens is 418 g/mol. The lowest BCUT2D eigenvalue weighted by Gasteiger charge is -2.17. The standard InChI is InChI=1S/C26H21N3O2S/c30-24(16-22-17-32-25(28-22)19-7-2-1-3-8-19)27-21-12-10-20(11-13-21)26(31)29-15-14-18-6-4-5-9-23(18)29/h1-13,17H,14-16H2,(H,27,30). The number of para-hydroxylation sites is 1. The van der Waals surface area contributed by atoms with Crippen LogP contribution in [0, 0.1) is 0 Å². The fraction of sp³-hybridized carbons (Fsp3) is 0.115. The van der Waals surface area contributed by atoms with Crippen LogP contribution in [0.3, 0.4) is 0 Å². The van der Waals surface area contributed by atoms with Gasteiger partial charge in [-0.15, -0.1) is 11.3 Å². The van der Waals surface area contributed by atoms with Crippen LogP contribution in [0.1, 0.15) is 21.6 Å². The second-order valence-electron chi connectivity index (χ2n) is 7.65. The Morgan fingerprint density at radius 2 is 1.69 bits per heavy atom. The lowest BCUT2D eigenvalue weighted by molar-refractivity contribution is -0.115. The Bertz CT molecular complexity index is 1270. The summed E-state index contributed by atoms with van der Waals surface area (Å²) in [7, 11) is 0. The van der Waals surface area contributed by atoms with E-state index in [0.717, 1.165) is 28.4 Å². The molecule has 5 nitrogen and oxygen atoms in total. The van der Waals surface area contributed by atoms with Gasteiger partial charge in [0.05, 0.1) is 12.1 Å². The molecule has 1 aliphatic heterocycles. The van der Waals surface area contributed by atoms with Gasteiger partial charge in [0.2, 0.25) is 5.91 Å². The van der Waals surface area contributed by atoms with Crippen molar-refractivity contribution in [3.05, 3.63) is 101 Å². The van der Waals surface area contributed by atoms with Gasteiger partial charge in [0, 0.05) is 34.4 Å². The molecule has 0 bridgehead atoms. The van der Waals surface area contributed by atoms with Crippen molar-refractivity contribution >= 4 is 34.5 Å². The quantitative estimate of drug-likeness (QED) is 0.465. The van der Waals surface area contributed by atoms with Crippen LogP contribution >= 0.6 is 11.3 Å². The molecule has 4 aromatic rings. The fourth-order valence-electron chi connectivity index (χ4n) is 3.87. The van der Waals surface area contributed by atoms with Gasteiger partial charge in [0.25, 0.3) is 5.91 Å². The minimum absolute atomic E-state index is 0.0243. The largest absolute Gasteiger partial charge is 0.326 e. The van der Waals surface area contributed by atoms with Crippen LogP contribution in [0.5, 0.6) is 0 Å². The maximum absolute atomic E-state index is 12.9. The molecule has 5 rings (SSSR count). The summed E-state index contributed by atoms with van der Waals surface area (Å²) in [5.74, 6) is -0.161. The van der Waals surface area contributed by atoms with Crippen LogP contribution in [0.25, 0.3) is 10.6 Å². The van der Waals surface area contributed by atoms with Crippen molar-refractivity contribution in [1.29, 1.82) is 0 Å². The Morgan fingerprint density at radius 1 is 0.938 bits per heavy atom. The molecule has 6 heteroatoms. The Kier molecular flexibility index (Phi) is 5.52. The third-order valence-electron chi connectivity index (χ3n) is 5.46. The second-order valence-corrected chi connectivity index (χ2v) is 8.51. The second kappa shape index (κ2) is 8.77. The summed E-state index contributed by atoms with van der Waals surface area (Å²) in [4.78, 5) is 31.8. The molecule has 0 saturated heterocycles. The number of benzene rings is 3. The number of rotatable bonds is 5. The van der Waals surface area contributed by atoms with Crippen molar-refractivity contribution in [2.45, 2.75) is 12.8 Å². The van der Waals surface area contributed by atoms with Crippen LogP contribution in [0.2, 0.25) is 0 Å². The number of fused-ring (bicyclic) bond motifs is 1. The maximum Gasteiger partial charge on any atom is 0.258 e. The molecule has 0 saturated carbocycles. The lowest BCUT2D eigenvalue weighted by atomic mass is 10.1. The van der Waals surface area contributed by atoms with Crippen LogP contribution in [-0.4, -0.2) is 23.3 Å². The lowest BCUT2D eigenvalue weighted by Crippen LogP contribution is -2.28. The van der Waals surface area contributed by atoms with E-state index in [2.05, 4.69) is 16.4 Å². The molecule has 158 valence electrons. The van der Waals surface area contributed by atoms with E-state index in [1.807, 2.05) is 58.8 Å². The molecule has 0 atom stereocenters. The number of aromatic nitrogens is 1. The number of amides is 2. The molecular formula is C26H21N3O2S. The van der Waals surface area contributed by atoms with Crippen molar-refractivity contribution in [3.63, 3.8) is 0 Å². The first-order valence-electron chi connectivity index (χ1n) is 10.5. The van der Waals surface area contributed by atoms with Crippen molar-refractivity contribution < 1.29 is 9.59 Å². The Labute approximate surface area is 190 Å². The van der Waals surface area contributed by atoms with Gasteiger partial charge in [-0.1, -0.05) is 48.5 Å². The van der Waals surface area contributed by atoms with Gasteiger partial charge in [-0.3, -0.25) is 9.59 Å². The van der Waals surface area contributed by atoms with E-state index < -0.39 is 0 Å². The molecule has 2 amide bonds. The van der Waals surface area contributed by atoms with Crippen molar-refractivity contribution in [3.8, 4) is 10.6 Å². The van der Waals surface area contributed by atoms with Crippen LogP contribution in [-0.2, 0) is 17.6 Å². The summed E-state index contributed by atoms with van der Waals surface area (Å²) in [6, 6.07) is 25.0. The van der Waals surface area contributed by atoms with Crippen molar-refractivity contribution in [1.82, 2.24) is 4.98 Å². The van der Waals surface area contributed by atoms with E-state index in [9.17, 15) is 9.59 Å². The summed E-state index contributed by atoms with van der Waals surface area (Å²) < 4.78 is 0. The van der Waals surface area contributed by atoms with Crippen molar-refractivity contribution in [2.24, 2.45) is 0 Å². The summed E-state index contributed by atoms with van der Waals surface area (Å²) in [5.41, 5.74) is 5.23. The smallest absolute Gasteiger partial charge is 0.258 e. The fourth-order valence-corrected chi connectivity index (χ4v) is 4.70. The van der Waals surface area contributed by atoms with Gasteiger partial charge < -0.3 is 10.2 Å². The number of anilines is 2. The molecule has 1 N–H and O–H groups in total. The zero-order valence-corrected chi connectivity index (χ0v) is 18.1. The molecule has 1 aromatic heterocycles. The third kappa shape index (κ3) is 4.18. The number of hydrogen-bond acceptors (Lipinski definition) is 4. The average Bonchev–Trinajstić information content (AvgIpc) is 3.47. The molecule has 2 heterocycles. The summed E-state index contributed by atoms with van der Waals surface area (Å²) >= 11 is 1.53. The zero-order chi connectivity index (χ0) is 21.9. The predicted molar refractivity (Wildman–Crippen MR) is 128 cm³/mol. The first-order chi connectivity index (χ1) is 15.7. The Morgan fingerprint density at radius 3 is 2.50 bits per heavy atom. The number of thiazole rings is 1. The summed E-state index contributed by atoms with van der Waals surface area (Å²) in [6.07, 6.45) is 1.08. The topological polar surface area (TPSA) is 62.3 Å². The van der Waals surface area contributed by atoms with Gasteiger partial charge >= 0.3 is 0 Å². The predicted octanol–water partition coefficient (Wildman–Crippen LogP) is 5.19. The van der Waals surface area contributed by atoms with E-state index >= 15 is 0 Å². The van der Waals surface area contributed by atoms with Crippen LogP contribution < -0.4 is 10.2 Å². The van der Waals surface area contributed by atoms with E-state index in [1.165, 1.54) is 16.9 Å². The van der Waals surface area contributed by atoms with Gasteiger partial charge in [-0.25, -0.2) is 4.98 Å². The zero-order valence-electron chi connectivity index (χ0n) is 17.3. The Hall–Kier alpha value is -3.77. The van der Waals surface area contributed by atoms with Crippen LogP contribution in [0.15, 0.2) is 84.2 Å². The average molecular weight is 440 g/mol. The normalized spacial score (nSPS) is 12.4. The highest BCUT2D eigenvalue weighted by atomic mass is 32.1. The highest BCUT2D eigenvalue weighted by Crippen LogP contribution is 2.29. The number of hydrogen-bond donors (Lipinski definition) is 1. The maximum atomic E-state index is 12.9. The van der Waals surface area contributed by atoms with Gasteiger partial charge in [-0.05, 0) is 42.3 Å². The molecule has 0 spiro atoms. The van der Waals surface area contributed by atoms with Gasteiger partial charge in [0.1, 0.15) is 5.01 Å². The third-order valence-corrected chi connectivity index (χ3v) is 6.40. The van der Waals surface area contributed by atoms with Crippen molar-refractivity contribution in [2.75, 3.05) is 16.8 Å². The van der Waals surface area contributed by atoms with E-state index in [0.29, 0.717) is 17.8 Å². The molecule has 3 aromatic carbocycles. The molecule has 0 aliphatic carbocycles. The molecule has 1 aliphatic rings.